The molecule has 7 heteroatoms. The van der Waals surface area contributed by atoms with Gasteiger partial charge in [0.05, 0.1) is 16.8 Å². The van der Waals surface area contributed by atoms with Crippen molar-refractivity contribution in [2.24, 2.45) is 5.92 Å². The van der Waals surface area contributed by atoms with E-state index >= 15 is 0 Å². The summed E-state index contributed by atoms with van der Waals surface area (Å²) in [6, 6.07) is 3.67. The van der Waals surface area contributed by atoms with Gasteiger partial charge in [0.15, 0.2) is 0 Å². The van der Waals surface area contributed by atoms with Gasteiger partial charge >= 0.3 is 0 Å². The quantitative estimate of drug-likeness (QED) is 0.858. The number of hydrogen-bond acceptors (Lipinski definition) is 5. The van der Waals surface area contributed by atoms with Crippen molar-refractivity contribution in [3.8, 4) is 0 Å². The van der Waals surface area contributed by atoms with Gasteiger partial charge in [-0.1, -0.05) is 16.8 Å². The highest BCUT2D eigenvalue weighted by molar-refractivity contribution is 7.12. The monoisotopic (exact) mass is 340 g/mol. The summed E-state index contributed by atoms with van der Waals surface area (Å²) >= 11 is 7.43. The second kappa shape index (κ2) is 6.40. The van der Waals surface area contributed by atoms with Crippen molar-refractivity contribution in [3.05, 3.63) is 38.9 Å². The standard InChI is InChI=1S/C15H17ClN2O3S/c1-9-5-11(21-17-9)6-10-7-18(8-13(10)20-2)15(19)14-12(16)3-4-22-14/h3-5,10,13H,6-8H2,1-2H3/t10-,13+/m1/s1. The van der Waals surface area contributed by atoms with Crippen molar-refractivity contribution in [2.75, 3.05) is 20.2 Å². The second-order valence-corrected chi connectivity index (χ2v) is 6.80. The summed E-state index contributed by atoms with van der Waals surface area (Å²) in [5.41, 5.74) is 0.861. The van der Waals surface area contributed by atoms with Gasteiger partial charge in [-0.3, -0.25) is 4.79 Å². The molecule has 2 atom stereocenters. The molecule has 0 saturated carbocycles. The number of ether oxygens (including phenoxy) is 1. The molecule has 1 aliphatic heterocycles. The van der Waals surface area contributed by atoms with Gasteiger partial charge in [-0.15, -0.1) is 11.3 Å². The number of aryl methyl sites for hydroxylation is 1. The summed E-state index contributed by atoms with van der Waals surface area (Å²) in [5.74, 6) is 0.992. The van der Waals surface area contributed by atoms with E-state index in [1.165, 1.54) is 11.3 Å². The van der Waals surface area contributed by atoms with Crippen LogP contribution in [0.5, 0.6) is 0 Å². The zero-order valence-corrected chi connectivity index (χ0v) is 14.0. The lowest BCUT2D eigenvalue weighted by Gasteiger charge is -2.15. The summed E-state index contributed by atoms with van der Waals surface area (Å²) < 4.78 is 10.8. The molecule has 118 valence electrons. The average Bonchev–Trinajstić information content (AvgIpc) is 3.19. The molecule has 0 unspecified atom stereocenters. The molecule has 0 bridgehead atoms. The molecule has 3 heterocycles. The molecule has 2 aromatic heterocycles. The van der Waals surface area contributed by atoms with Crippen molar-refractivity contribution in [1.29, 1.82) is 0 Å². The zero-order chi connectivity index (χ0) is 15.7. The third-order valence-electron chi connectivity index (χ3n) is 3.92. The van der Waals surface area contributed by atoms with Gasteiger partial charge in [0.25, 0.3) is 5.91 Å². The molecular weight excluding hydrogens is 324 g/mol. The van der Waals surface area contributed by atoms with Gasteiger partial charge in [-0.2, -0.15) is 0 Å². The molecule has 2 aromatic rings. The van der Waals surface area contributed by atoms with Crippen LogP contribution in [-0.4, -0.2) is 42.3 Å². The van der Waals surface area contributed by atoms with Gasteiger partial charge < -0.3 is 14.2 Å². The van der Waals surface area contributed by atoms with Crippen LogP contribution in [0.4, 0.5) is 0 Å². The maximum atomic E-state index is 12.6. The Kier molecular flexibility index (Phi) is 4.52. The van der Waals surface area contributed by atoms with E-state index in [-0.39, 0.29) is 17.9 Å². The lowest BCUT2D eigenvalue weighted by Crippen LogP contribution is -2.29. The number of amides is 1. The highest BCUT2D eigenvalue weighted by Gasteiger charge is 2.37. The third kappa shape index (κ3) is 3.04. The van der Waals surface area contributed by atoms with E-state index in [2.05, 4.69) is 5.16 Å². The fraction of sp³-hybridized carbons (Fsp3) is 0.467. The van der Waals surface area contributed by atoms with Gasteiger partial charge in [0, 0.05) is 38.6 Å². The number of rotatable bonds is 4. The summed E-state index contributed by atoms with van der Waals surface area (Å²) in [6.07, 6.45) is 0.703. The number of likely N-dealkylation sites (tertiary alicyclic amines) is 1. The van der Waals surface area contributed by atoms with Crippen molar-refractivity contribution in [1.82, 2.24) is 10.1 Å². The highest BCUT2D eigenvalue weighted by Crippen LogP contribution is 2.29. The average molecular weight is 341 g/mol. The fourth-order valence-electron chi connectivity index (χ4n) is 2.83. The predicted molar refractivity (Wildman–Crippen MR) is 84.5 cm³/mol. The molecule has 1 saturated heterocycles. The largest absolute Gasteiger partial charge is 0.379 e. The van der Waals surface area contributed by atoms with E-state index in [1.54, 1.807) is 18.1 Å². The van der Waals surface area contributed by atoms with Crippen LogP contribution in [0.25, 0.3) is 0 Å². The Morgan fingerprint density at radius 2 is 2.41 bits per heavy atom. The summed E-state index contributed by atoms with van der Waals surface area (Å²) in [5, 5.41) is 6.24. The number of carbonyl (C=O) groups is 1. The Morgan fingerprint density at radius 3 is 3.00 bits per heavy atom. The molecule has 1 aliphatic rings. The Bertz CT molecular complexity index is 669. The zero-order valence-electron chi connectivity index (χ0n) is 12.4. The lowest BCUT2D eigenvalue weighted by atomic mass is 10.0. The number of aromatic nitrogens is 1. The first-order valence-corrected chi connectivity index (χ1v) is 8.31. The van der Waals surface area contributed by atoms with Crippen LogP contribution in [0.1, 0.15) is 21.1 Å². The first kappa shape index (κ1) is 15.5. The maximum absolute atomic E-state index is 12.6. The van der Waals surface area contributed by atoms with Gasteiger partial charge in [0.1, 0.15) is 10.6 Å². The number of nitrogens with zero attached hydrogens (tertiary/aromatic N) is 2. The molecular formula is C15H17ClN2O3S. The number of carbonyl (C=O) groups excluding carboxylic acids is 1. The number of hydrogen-bond donors (Lipinski definition) is 0. The molecule has 1 amide bonds. The normalized spacial score (nSPS) is 21.5. The Hall–Kier alpha value is -1.37. The van der Waals surface area contributed by atoms with E-state index in [4.69, 9.17) is 20.9 Å². The lowest BCUT2D eigenvalue weighted by molar-refractivity contribution is 0.0675. The molecule has 0 radical (unpaired) electrons. The van der Waals surface area contributed by atoms with Crippen LogP contribution >= 0.6 is 22.9 Å². The smallest absolute Gasteiger partial charge is 0.265 e. The molecule has 3 rings (SSSR count). The Labute approximate surface area is 137 Å². The van der Waals surface area contributed by atoms with Crippen molar-refractivity contribution >= 4 is 28.8 Å². The SMILES string of the molecule is CO[C@H]1CN(C(=O)c2sccc2Cl)C[C@H]1Cc1cc(C)no1. The minimum atomic E-state index is -0.0294. The minimum absolute atomic E-state index is 0.00639. The van der Waals surface area contributed by atoms with Crippen LogP contribution in [-0.2, 0) is 11.2 Å². The molecule has 0 spiro atoms. The number of thiophene rings is 1. The highest BCUT2D eigenvalue weighted by atomic mass is 35.5. The molecule has 1 fully saturated rings. The van der Waals surface area contributed by atoms with E-state index in [9.17, 15) is 4.79 Å². The van der Waals surface area contributed by atoms with Crippen molar-refractivity contribution in [3.63, 3.8) is 0 Å². The molecule has 0 aromatic carbocycles. The van der Waals surface area contributed by atoms with Crippen LogP contribution in [0.2, 0.25) is 5.02 Å². The number of methoxy groups -OCH3 is 1. The number of halogens is 1. The first-order valence-electron chi connectivity index (χ1n) is 7.05. The van der Waals surface area contributed by atoms with Gasteiger partial charge in [-0.25, -0.2) is 0 Å². The van der Waals surface area contributed by atoms with Crippen LogP contribution in [0, 0.1) is 12.8 Å². The van der Waals surface area contributed by atoms with Crippen LogP contribution in [0.3, 0.4) is 0 Å². The van der Waals surface area contributed by atoms with E-state index < -0.39 is 0 Å². The summed E-state index contributed by atoms with van der Waals surface area (Å²) in [6.45, 7) is 3.09. The Balaban J connectivity index is 1.71. The Morgan fingerprint density at radius 1 is 1.59 bits per heavy atom. The molecule has 5 nitrogen and oxygen atoms in total. The van der Waals surface area contributed by atoms with Gasteiger partial charge in [-0.05, 0) is 18.4 Å². The summed E-state index contributed by atoms with van der Waals surface area (Å²) in [4.78, 5) is 14.9. The molecule has 22 heavy (non-hydrogen) atoms. The van der Waals surface area contributed by atoms with Crippen molar-refractivity contribution in [2.45, 2.75) is 19.4 Å². The topological polar surface area (TPSA) is 55.6 Å². The maximum Gasteiger partial charge on any atom is 0.265 e. The third-order valence-corrected chi connectivity index (χ3v) is 5.25. The minimum Gasteiger partial charge on any atom is -0.379 e. The van der Waals surface area contributed by atoms with Crippen LogP contribution < -0.4 is 0 Å². The van der Waals surface area contributed by atoms with Gasteiger partial charge in [0.2, 0.25) is 0 Å². The molecule has 0 aliphatic carbocycles. The van der Waals surface area contributed by atoms with Crippen LogP contribution in [0.15, 0.2) is 22.0 Å². The van der Waals surface area contributed by atoms with Crippen molar-refractivity contribution < 1.29 is 14.1 Å². The van der Waals surface area contributed by atoms with E-state index in [0.717, 1.165) is 11.5 Å². The van der Waals surface area contributed by atoms with E-state index in [1.807, 2.05) is 18.4 Å². The van der Waals surface area contributed by atoms with E-state index in [0.29, 0.717) is 29.4 Å². The fourth-order valence-corrected chi connectivity index (χ4v) is 3.93. The summed E-state index contributed by atoms with van der Waals surface area (Å²) in [7, 11) is 1.68. The predicted octanol–water partition coefficient (Wildman–Crippen LogP) is 3.03. The second-order valence-electron chi connectivity index (χ2n) is 5.48. The first-order chi connectivity index (χ1) is 10.6. The molecule has 0 N–H and O–H groups in total.